The van der Waals surface area contributed by atoms with Crippen molar-refractivity contribution in [3.05, 3.63) is 11.3 Å². The topological polar surface area (TPSA) is 24.7 Å². The molecule has 2 aliphatic rings. The average molecular weight is 150 g/mol. The first-order chi connectivity index (χ1) is 5.42. The molecule has 0 aromatic heterocycles. The summed E-state index contributed by atoms with van der Waals surface area (Å²) in [5, 5.41) is 8.46. The number of azo groups is 1. The Morgan fingerprint density at radius 1 is 1.55 bits per heavy atom. The van der Waals surface area contributed by atoms with E-state index in [9.17, 15) is 0 Å². The molecular formula is C9H14N2. The van der Waals surface area contributed by atoms with Crippen molar-refractivity contribution in [1.29, 1.82) is 0 Å². The largest absolute Gasteiger partial charge is 0.181 e. The van der Waals surface area contributed by atoms with Crippen LogP contribution in [0.25, 0.3) is 0 Å². The summed E-state index contributed by atoms with van der Waals surface area (Å²) in [6.07, 6.45) is 6.16. The van der Waals surface area contributed by atoms with Crippen molar-refractivity contribution in [3.63, 3.8) is 0 Å². The van der Waals surface area contributed by atoms with E-state index in [0.717, 1.165) is 6.42 Å². The van der Waals surface area contributed by atoms with Crippen molar-refractivity contribution in [1.82, 2.24) is 0 Å². The first-order valence-corrected chi connectivity index (χ1v) is 4.54. The van der Waals surface area contributed by atoms with Crippen LogP contribution in [0.3, 0.4) is 0 Å². The molecule has 0 radical (unpaired) electrons. The second-order valence-corrected chi connectivity index (χ2v) is 3.35. The Bertz CT molecular complexity index is 216. The van der Waals surface area contributed by atoms with Gasteiger partial charge in [0, 0.05) is 0 Å². The van der Waals surface area contributed by atoms with E-state index in [4.69, 9.17) is 0 Å². The number of rotatable bonds is 2. The maximum absolute atomic E-state index is 4.25. The molecule has 1 heterocycles. The molecule has 0 aromatic rings. The van der Waals surface area contributed by atoms with Gasteiger partial charge in [0.05, 0.1) is 11.7 Å². The summed E-state index contributed by atoms with van der Waals surface area (Å²) in [7, 11) is 0. The minimum Gasteiger partial charge on any atom is -0.181 e. The second-order valence-electron chi connectivity index (χ2n) is 3.35. The molecule has 1 atom stereocenters. The Labute approximate surface area is 67.4 Å². The summed E-state index contributed by atoms with van der Waals surface area (Å²) < 4.78 is 0. The maximum atomic E-state index is 4.25. The van der Waals surface area contributed by atoms with Gasteiger partial charge in [-0.15, -0.1) is 0 Å². The summed E-state index contributed by atoms with van der Waals surface area (Å²) in [5.74, 6) is 0. The fraction of sp³-hybridized carbons (Fsp3) is 0.778. The highest BCUT2D eigenvalue weighted by atomic mass is 15.2. The van der Waals surface area contributed by atoms with Crippen LogP contribution >= 0.6 is 0 Å². The zero-order valence-electron chi connectivity index (χ0n) is 7.01. The number of hydrogen-bond donors (Lipinski definition) is 0. The molecular weight excluding hydrogens is 136 g/mol. The van der Waals surface area contributed by atoms with E-state index in [1.807, 2.05) is 0 Å². The van der Waals surface area contributed by atoms with Crippen molar-refractivity contribution in [2.24, 2.45) is 10.2 Å². The highest BCUT2D eigenvalue weighted by Gasteiger charge is 2.27. The number of nitrogens with zero attached hydrogens (tertiary/aromatic N) is 2. The lowest BCUT2D eigenvalue weighted by Gasteiger charge is -1.98. The first-order valence-electron chi connectivity index (χ1n) is 4.54. The van der Waals surface area contributed by atoms with Gasteiger partial charge in [-0.1, -0.05) is 13.3 Å². The van der Waals surface area contributed by atoms with Gasteiger partial charge in [-0.05, 0) is 31.3 Å². The minimum atomic E-state index is 0.497. The predicted octanol–water partition coefficient (Wildman–Crippen LogP) is 3.06. The molecule has 0 spiro atoms. The molecule has 2 nitrogen and oxygen atoms in total. The Morgan fingerprint density at radius 2 is 2.45 bits per heavy atom. The molecule has 2 rings (SSSR count). The molecule has 0 bridgehead atoms. The maximum Gasteiger partial charge on any atom is 0.0943 e. The zero-order valence-corrected chi connectivity index (χ0v) is 7.01. The third-order valence-electron chi connectivity index (χ3n) is 2.50. The van der Waals surface area contributed by atoms with Crippen LogP contribution in [0.5, 0.6) is 0 Å². The van der Waals surface area contributed by atoms with E-state index < -0.39 is 0 Å². The van der Waals surface area contributed by atoms with Crippen LogP contribution in [-0.4, -0.2) is 6.04 Å². The number of fused-ring (bicyclic) bond motifs is 1. The highest BCUT2D eigenvalue weighted by molar-refractivity contribution is 5.25. The fourth-order valence-electron chi connectivity index (χ4n) is 1.94. The molecule has 1 aliphatic heterocycles. The number of hydrogen-bond acceptors (Lipinski definition) is 2. The van der Waals surface area contributed by atoms with Gasteiger partial charge < -0.3 is 0 Å². The Hall–Kier alpha value is -0.660. The lowest BCUT2D eigenvalue weighted by molar-refractivity contribution is 0.752. The predicted molar refractivity (Wildman–Crippen MR) is 44.4 cm³/mol. The van der Waals surface area contributed by atoms with E-state index >= 15 is 0 Å². The van der Waals surface area contributed by atoms with Gasteiger partial charge in [0.15, 0.2) is 0 Å². The smallest absolute Gasteiger partial charge is 0.0943 e. The molecule has 0 N–H and O–H groups in total. The van der Waals surface area contributed by atoms with Crippen molar-refractivity contribution >= 4 is 0 Å². The van der Waals surface area contributed by atoms with E-state index in [0.29, 0.717) is 6.04 Å². The van der Waals surface area contributed by atoms with Crippen LogP contribution in [-0.2, 0) is 0 Å². The first kappa shape index (κ1) is 7.01. The summed E-state index contributed by atoms with van der Waals surface area (Å²) in [5.41, 5.74) is 2.85. The van der Waals surface area contributed by atoms with Crippen LogP contribution in [0, 0.1) is 0 Å². The van der Waals surface area contributed by atoms with E-state index in [2.05, 4.69) is 17.2 Å². The molecule has 0 aromatic carbocycles. The van der Waals surface area contributed by atoms with Crippen molar-refractivity contribution in [2.75, 3.05) is 0 Å². The molecule has 1 fully saturated rings. The molecule has 1 aliphatic carbocycles. The Balaban J connectivity index is 2.16. The standard InChI is InChI=1S/C9H14N2/c1-2-4-8-7-5-3-6-9(7)11-10-8/h9H,2-6H2,1H3. The van der Waals surface area contributed by atoms with Gasteiger partial charge in [0.2, 0.25) is 0 Å². The molecule has 11 heavy (non-hydrogen) atoms. The second kappa shape index (κ2) is 2.76. The quantitative estimate of drug-likeness (QED) is 0.578. The fourth-order valence-corrected chi connectivity index (χ4v) is 1.94. The molecule has 0 saturated heterocycles. The summed E-state index contributed by atoms with van der Waals surface area (Å²) >= 11 is 0. The summed E-state index contributed by atoms with van der Waals surface area (Å²) in [6.45, 7) is 2.20. The average Bonchev–Trinajstić information content (AvgIpc) is 2.53. The van der Waals surface area contributed by atoms with Crippen LogP contribution in [0.4, 0.5) is 0 Å². The highest BCUT2D eigenvalue weighted by Crippen LogP contribution is 2.36. The van der Waals surface area contributed by atoms with Gasteiger partial charge >= 0.3 is 0 Å². The van der Waals surface area contributed by atoms with Crippen molar-refractivity contribution in [2.45, 2.75) is 45.1 Å². The molecule has 2 heteroatoms. The summed E-state index contributed by atoms with van der Waals surface area (Å²) in [4.78, 5) is 0. The minimum absolute atomic E-state index is 0.497. The molecule has 0 amide bonds. The molecule has 1 saturated carbocycles. The van der Waals surface area contributed by atoms with Gasteiger partial charge in [-0.25, -0.2) is 0 Å². The normalized spacial score (nSPS) is 28.3. The van der Waals surface area contributed by atoms with E-state index in [-0.39, 0.29) is 0 Å². The third-order valence-corrected chi connectivity index (χ3v) is 2.50. The van der Waals surface area contributed by atoms with E-state index in [1.54, 1.807) is 5.57 Å². The van der Waals surface area contributed by atoms with Crippen molar-refractivity contribution < 1.29 is 0 Å². The van der Waals surface area contributed by atoms with Crippen LogP contribution in [0.1, 0.15) is 39.0 Å². The lowest BCUT2D eigenvalue weighted by atomic mass is 10.1. The molecule has 60 valence electrons. The van der Waals surface area contributed by atoms with Crippen molar-refractivity contribution in [3.8, 4) is 0 Å². The van der Waals surface area contributed by atoms with Gasteiger partial charge in [0.1, 0.15) is 0 Å². The number of allylic oxidation sites excluding steroid dienone is 1. The SMILES string of the molecule is CCCC1=C2CCCC2N=N1. The van der Waals surface area contributed by atoms with Crippen LogP contribution < -0.4 is 0 Å². The van der Waals surface area contributed by atoms with Crippen LogP contribution in [0.15, 0.2) is 21.5 Å². The van der Waals surface area contributed by atoms with Crippen LogP contribution in [0.2, 0.25) is 0 Å². The van der Waals surface area contributed by atoms with E-state index in [1.165, 1.54) is 31.4 Å². The lowest BCUT2D eigenvalue weighted by Crippen LogP contribution is -1.95. The van der Waals surface area contributed by atoms with Gasteiger partial charge in [-0.3, -0.25) is 0 Å². The third kappa shape index (κ3) is 1.10. The zero-order chi connectivity index (χ0) is 7.68. The Morgan fingerprint density at radius 3 is 3.27 bits per heavy atom. The summed E-state index contributed by atoms with van der Waals surface area (Å²) in [6, 6.07) is 0.497. The Kier molecular flexibility index (Phi) is 1.76. The monoisotopic (exact) mass is 150 g/mol. The van der Waals surface area contributed by atoms with Gasteiger partial charge in [-0.2, -0.15) is 10.2 Å². The molecule has 1 unspecified atom stereocenters. The van der Waals surface area contributed by atoms with Gasteiger partial charge in [0.25, 0.3) is 0 Å².